The molecule has 0 aromatic rings. The molecule has 0 spiro atoms. The van der Waals surface area contributed by atoms with E-state index >= 15 is 0 Å². The molecule has 0 bridgehead atoms. The molecule has 0 rings (SSSR count). The van der Waals surface area contributed by atoms with Crippen molar-refractivity contribution in [2.75, 3.05) is 0 Å². The van der Waals surface area contributed by atoms with Crippen molar-refractivity contribution in [1.29, 1.82) is 0 Å². The van der Waals surface area contributed by atoms with Crippen LogP contribution in [0.4, 0.5) is 4.79 Å². The van der Waals surface area contributed by atoms with Crippen molar-refractivity contribution < 1.29 is 14.4 Å². The van der Waals surface area contributed by atoms with Gasteiger partial charge in [0, 0.05) is 0 Å². The highest BCUT2D eigenvalue weighted by molar-refractivity contribution is 5.98. The van der Waals surface area contributed by atoms with Gasteiger partial charge >= 0.3 is 6.03 Å². The Morgan fingerprint density at radius 3 is 2.20 bits per heavy atom. The summed E-state index contributed by atoms with van der Waals surface area (Å²) in [4.78, 5) is 30.5. The molecule has 5 heteroatoms. The van der Waals surface area contributed by atoms with E-state index in [-0.39, 0.29) is 0 Å². The van der Waals surface area contributed by atoms with Gasteiger partial charge in [-0.05, 0) is 6.92 Å². The number of aldehydes is 1. The van der Waals surface area contributed by atoms with Crippen LogP contribution in [0.3, 0.4) is 0 Å². The second kappa shape index (κ2) is 3.60. The SMILES string of the molecule is CC(=O)C(C=O)NC(N)=O. The summed E-state index contributed by atoms with van der Waals surface area (Å²) in [7, 11) is 0. The van der Waals surface area contributed by atoms with Crippen LogP contribution in [0.5, 0.6) is 0 Å². The first-order chi connectivity index (χ1) is 4.57. The molecule has 0 aromatic heterocycles. The molecule has 0 aliphatic heterocycles. The maximum atomic E-state index is 10.4. The number of nitrogens with one attached hydrogen (secondary N) is 1. The zero-order valence-electron chi connectivity index (χ0n) is 5.46. The van der Waals surface area contributed by atoms with Gasteiger partial charge < -0.3 is 15.8 Å². The molecule has 0 aromatic carbocycles. The Morgan fingerprint density at radius 1 is 1.60 bits per heavy atom. The second-order valence-corrected chi connectivity index (χ2v) is 1.73. The summed E-state index contributed by atoms with van der Waals surface area (Å²) in [5, 5.41) is 1.95. The van der Waals surface area contributed by atoms with Crippen molar-refractivity contribution >= 4 is 18.1 Å². The van der Waals surface area contributed by atoms with E-state index in [2.05, 4.69) is 5.73 Å². The third-order valence-electron chi connectivity index (χ3n) is 0.872. The molecule has 2 amide bonds. The summed E-state index contributed by atoms with van der Waals surface area (Å²) in [5.74, 6) is -0.436. The number of ketones is 1. The monoisotopic (exact) mass is 144 g/mol. The quantitative estimate of drug-likeness (QED) is 0.385. The predicted octanol–water partition coefficient (Wildman–Crippen LogP) is -1.19. The molecule has 0 saturated heterocycles. The maximum absolute atomic E-state index is 10.4. The van der Waals surface area contributed by atoms with Gasteiger partial charge in [0.05, 0.1) is 0 Å². The fourth-order valence-electron chi connectivity index (χ4n) is 0.385. The van der Waals surface area contributed by atoms with Crippen molar-refractivity contribution in [3.63, 3.8) is 0 Å². The maximum Gasteiger partial charge on any atom is 0.313 e. The van der Waals surface area contributed by atoms with Crippen LogP contribution in [-0.4, -0.2) is 24.1 Å². The highest BCUT2D eigenvalue weighted by Gasteiger charge is 2.12. The van der Waals surface area contributed by atoms with Gasteiger partial charge in [0.1, 0.15) is 12.3 Å². The summed E-state index contributed by atoms with van der Waals surface area (Å²) in [6, 6.07) is -1.98. The highest BCUT2D eigenvalue weighted by Crippen LogP contribution is 1.78. The van der Waals surface area contributed by atoms with Gasteiger partial charge in [0.2, 0.25) is 0 Å². The van der Waals surface area contributed by atoms with E-state index in [1.807, 2.05) is 5.32 Å². The summed E-state index contributed by atoms with van der Waals surface area (Å²) >= 11 is 0. The number of nitrogens with two attached hydrogens (primary N) is 1. The molecule has 0 heterocycles. The zero-order chi connectivity index (χ0) is 8.15. The molecule has 0 aliphatic carbocycles. The lowest BCUT2D eigenvalue weighted by Crippen LogP contribution is -2.43. The van der Waals surface area contributed by atoms with Crippen molar-refractivity contribution in [1.82, 2.24) is 5.32 Å². The number of primary amides is 1. The van der Waals surface area contributed by atoms with E-state index in [9.17, 15) is 14.4 Å². The van der Waals surface area contributed by atoms with Crippen LogP contribution < -0.4 is 11.1 Å². The molecule has 0 aliphatic rings. The van der Waals surface area contributed by atoms with Gasteiger partial charge in [-0.2, -0.15) is 0 Å². The lowest BCUT2D eigenvalue weighted by molar-refractivity contribution is -0.123. The largest absolute Gasteiger partial charge is 0.352 e. The Kier molecular flexibility index (Phi) is 3.10. The molecule has 0 fully saturated rings. The third-order valence-corrected chi connectivity index (χ3v) is 0.872. The molecule has 3 N–H and O–H groups in total. The number of carbonyl (C=O) groups is 3. The van der Waals surface area contributed by atoms with Gasteiger partial charge in [-0.25, -0.2) is 4.79 Å². The number of amides is 2. The molecular weight excluding hydrogens is 136 g/mol. The Balaban J connectivity index is 3.96. The standard InChI is InChI=1S/C5H8N2O3/c1-3(9)4(2-8)7-5(6)10/h2,4H,1H3,(H3,6,7,10). The molecule has 1 atom stereocenters. The van der Waals surface area contributed by atoms with Crippen LogP contribution in [0.25, 0.3) is 0 Å². The van der Waals surface area contributed by atoms with Crippen LogP contribution in [-0.2, 0) is 9.59 Å². The van der Waals surface area contributed by atoms with Crippen molar-refractivity contribution in [3.05, 3.63) is 0 Å². The molecule has 0 saturated carbocycles. The fraction of sp³-hybridized carbons (Fsp3) is 0.400. The van der Waals surface area contributed by atoms with E-state index in [0.29, 0.717) is 6.29 Å². The first kappa shape index (κ1) is 8.61. The second-order valence-electron chi connectivity index (χ2n) is 1.73. The Labute approximate surface area is 57.6 Å². The number of urea groups is 1. The van der Waals surface area contributed by atoms with Crippen LogP contribution in [0.1, 0.15) is 6.92 Å². The zero-order valence-corrected chi connectivity index (χ0v) is 5.46. The Bertz CT molecular complexity index is 166. The predicted molar refractivity (Wildman–Crippen MR) is 33.3 cm³/mol. The summed E-state index contributed by atoms with van der Waals surface area (Å²) in [6.45, 7) is 1.19. The summed E-state index contributed by atoms with van der Waals surface area (Å²) < 4.78 is 0. The fourth-order valence-corrected chi connectivity index (χ4v) is 0.385. The number of carbonyl (C=O) groups excluding carboxylic acids is 3. The number of Topliss-reactive ketones (excluding diaryl/α,β-unsaturated/α-hetero) is 1. The highest BCUT2D eigenvalue weighted by atomic mass is 16.2. The summed E-state index contributed by atoms with van der Waals surface area (Å²) in [6.07, 6.45) is 0.326. The topological polar surface area (TPSA) is 89.3 Å². The first-order valence-electron chi connectivity index (χ1n) is 2.59. The van der Waals surface area contributed by atoms with Crippen LogP contribution in [0, 0.1) is 0 Å². The van der Waals surface area contributed by atoms with Gasteiger partial charge in [0.15, 0.2) is 5.78 Å². The molecule has 56 valence electrons. The Hall–Kier alpha value is -1.39. The van der Waals surface area contributed by atoms with Gasteiger partial charge in [-0.3, -0.25) is 4.79 Å². The minimum atomic E-state index is -1.10. The van der Waals surface area contributed by atoms with Gasteiger partial charge in [0.25, 0.3) is 0 Å². The average Bonchev–Trinajstić information content (AvgIpc) is 1.81. The van der Waals surface area contributed by atoms with E-state index in [1.165, 1.54) is 6.92 Å². The van der Waals surface area contributed by atoms with E-state index in [0.717, 1.165) is 0 Å². The molecule has 10 heavy (non-hydrogen) atoms. The minimum Gasteiger partial charge on any atom is -0.352 e. The van der Waals surface area contributed by atoms with Crippen molar-refractivity contribution in [2.45, 2.75) is 13.0 Å². The lowest BCUT2D eigenvalue weighted by Gasteiger charge is -2.04. The molecule has 0 radical (unpaired) electrons. The average molecular weight is 144 g/mol. The Morgan fingerprint density at radius 2 is 2.10 bits per heavy atom. The van der Waals surface area contributed by atoms with Crippen LogP contribution >= 0.6 is 0 Å². The normalized spacial score (nSPS) is 11.7. The summed E-state index contributed by atoms with van der Waals surface area (Å²) in [5.41, 5.74) is 4.65. The molecule has 5 nitrogen and oxygen atoms in total. The minimum absolute atomic E-state index is 0.326. The molecular formula is C5H8N2O3. The van der Waals surface area contributed by atoms with Crippen LogP contribution in [0.15, 0.2) is 0 Å². The number of hydrogen-bond acceptors (Lipinski definition) is 3. The van der Waals surface area contributed by atoms with Gasteiger partial charge in [-0.15, -0.1) is 0 Å². The third kappa shape index (κ3) is 2.81. The number of hydrogen-bond donors (Lipinski definition) is 2. The van der Waals surface area contributed by atoms with E-state index in [1.54, 1.807) is 0 Å². The van der Waals surface area contributed by atoms with E-state index in [4.69, 9.17) is 0 Å². The van der Waals surface area contributed by atoms with Crippen molar-refractivity contribution in [2.24, 2.45) is 5.73 Å². The first-order valence-corrected chi connectivity index (χ1v) is 2.59. The van der Waals surface area contributed by atoms with Crippen LogP contribution in [0.2, 0.25) is 0 Å². The lowest BCUT2D eigenvalue weighted by atomic mass is 10.2. The van der Waals surface area contributed by atoms with Gasteiger partial charge in [-0.1, -0.05) is 0 Å². The molecule has 1 unspecified atom stereocenters. The van der Waals surface area contributed by atoms with E-state index < -0.39 is 17.9 Å². The number of rotatable bonds is 3. The van der Waals surface area contributed by atoms with Crippen molar-refractivity contribution in [3.8, 4) is 0 Å². The smallest absolute Gasteiger partial charge is 0.313 e.